The first-order valence-electron chi connectivity index (χ1n) is 6.68. The van der Waals surface area contributed by atoms with Crippen molar-refractivity contribution in [3.63, 3.8) is 0 Å². The Bertz CT molecular complexity index is 729. The minimum atomic E-state index is -0.671. The molecule has 0 bridgehead atoms. The van der Waals surface area contributed by atoms with Crippen LogP contribution in [-0.2, 0) is 4.79 Å². The molecule has 8 nitrogen and oxygen atoms in total. The number of carbonyl (C=O) groups is 1. The maximum Gasteiger partial charge on any atom is 0.264 e. The summed E-state index contributed by atoms with van der Waals surface area (Å²) in [5.74, 6) is 0.887. The molecule has 1 fully saturated rings. The zero-order chi connectivity index (χ0) is 15.0. The lowest BCUT2D eigenvalue weighted by Gasteiger charge is -2.09. The lowest BCUT2D eigenvalue weighted by Crippen LogP contribution is -2.19. The van der Waals surface area contributed by atoms with E-state index in [2.05, 4.69) is 20.7 Å². The number of amides is 1. The van der Waals surface area contributed by atoms with Crippen LogP contribution in [0.25, 0.3) is 11.7 Å². The van der Waals surface area contributed by atoms with E-state index in [0.717, 1.165) is 18.7 Å². The number of nitrogens with one attached hydrogen (secondary N) is 2. The van der Waals surface area contributed by atoms with Crippen LogP contribution < -0.4 is 22.1 Å². The average Bonchev–Trinajstić information content (AvgIpc) is 3.19. The summed E-state index contributed by atoms with van der Waals surface area (Å²) in [5, 5.41) is 10.7. The maximum absolute atomic E-state index is 11.1. The van der Waals surface area contributed by atoms with Gasteiger partial charge in [-0.15, -0.1) is 0 Å². The van der Waals surface area contributed by atoms with Gasteiger partial charge in [-0.25, -0.2) is 4.98 Å². The van der Waals surface area contributed by atoms with Crippen LogP contribution in [-0.4, -0.2) is 33.6 Å². The SMILES string of the molecule is CNc1cc(NC2CC2)n2ncc(/C=C(\N)C(N)=O)c2n1. The van der Waals surface area contributed by atoms with Crippen molar-refractivity contribution in [1.82, 2.24) is 14.6 Å². The highest BCUT2D eigenvalue weighted by atomic mass is 16.1. The highest BCUT2D eigenvalue weighted by Gasteiger charge is 2.23. The van der Waals surface area contributed by atoms with Crippen LogP contribution in [0.5, 0.6) is 0 Å². The van der Waals surface area contributed by atoms with E-state index in [0.29, 0.717) is 23.1 Å². The van der Waals surface area contributed by atoms with Crippen molar-refractivity contribution in [2.24, 2.45) is 11.5 Å². The molecule has 0 saturated heterocycles. The van der Waals surface area contributed by atoms with Gasteiger partial charge in [0.15, 0.2) is 5.65 Å². The summed E-state index contributed by atoms with van der Waals surface area (Å²) in [6, 6.07) is 2.38. The summed E-state index contributed by atoms with van der Waals surface area (Å²) in [5.41, 5.74) is 12.0. The highest BCUT2D eigenvalue weighted by molar-refractivity contribution is 5.96. The van der Waals surface area contributed by atoms with Gasteiger partial charge < -0.3 is 22.1 Å². The second kappa shape index (κ2) is 4.97. The molecule has 1 aliphatic carbocycles. The zero-order valence-corrected chi connectivity index (χ0v) is 11.6. The van der Waals surface area contributed by atoms with Crippen LogP contribution in [0.1, 0.15) is 18.4 Å². The monoisotopic (exact) mass is 287 g/mol. The normalized spacial score (nSPS) is 15.2. The predicted octanol–water partition coefficient (Wildman–Crippen LogP) is 0.130. The third kappa shape index (κ3) is 2.60. The third-order valence-electron chi connectivity index (χ3n) is 3.28. The van der Waals surface area contributed by atoms with Crippen molar-refractivity contribution >= 4 is 29.3 Å². The highest BCUT2D eigenvalue weighted by Crippen LogP contribution is 2.27. The predicted molar refractivity (Wildman–Crippen MR) is 80.5 cm³/mol. The summed E-state index contributed by atoms with van der Waals surface area (Å²) >= 11 is 0. The van der Waals surface area contributed by atoms with E-state index in [1.165, 1.54) is 6.08 Å². The Hall–Kier alpha value is -2.77. The fourth-order valence-electron chi connectivity index (χ4n) is 1.99. The number of primary amides is 1. The van der Waals surface area contributed by atoms with Gasteiger partial charge in [0.2, 0.25) is 0 Å². The first-order chi connectivity index (χ1) is 10.1. The van der Waals surface area contributed by atoms with Crippen molar-refractivity contribution in [2.45, 2.75) is 18.9 Å². The van der Waals surface area contributed by atoms with Crippen LogP contribution >= 0.6 is 0 Å². The Kier molecular flexibility index (Phi) is 3.13. The van der Waals surface area contributed by atoms with Gasteiger partial charge in [0, 0.05) is 24.7 Å². The molecule has 1 amide bonds. The second-order valence-electron chi connectivity index (χ2n) is 4.99. The Labute approximate surface area is 121 Å². The Balaban J connectivity index is 2.10. The van der Waals surface area contributed by atoms with Gasteiger partial charge in [-0.05, 0) is 18.9 Å². The molecular formula is C13H17N7O. The van der Waals surface area contributed by atoms with Crippen LogP contribution in [0.2, 0.25) is 0 Å². The molecule has 3 rings (SSSR count). The molecule has 0 aromatic carbocycles. The molecule has 2 aromatic heterocycles. The molecule has 2 aromatic rings. The minimum absolute atomic E-state index is 0.0294. The van der Waals surface area contributed by atoms with E-state index < -0.39 is 5.91 Å². The number of nitrogens with two attached hydrogens (primary N) is 2. The molecule has 0 atom stereocenters. The molecule has 0 radical (unpaired) electrons. The molecule has 1 saturated carbocycles. The standard InChI is InChI=1S/C13H17N7O/c1-16-10-5-11(18-8-2-3-8)20-13(19-10)7(6-17-20)4-9(14)12(15)21/h4-6,8,18H,2-3,14H2,1H3,(H2,15,21)(H,16,19)/b9-4-. The van der Waals surface area contributed by atoms with Gasteiger partial charge >= 0.3 is 0 Å². The van der Waals surface area contributed by atoms with E-state index in [1.54, 1.807) is 17.8 Å². The number of fused-ring (bicyclic) bond motifs is 1. The van der Waals surface area contributed by atoms with Crippen molar-refractivity contribution < 1.29 is 4.79 Å². The molecule has 0 unspecified atom stereocenters. The fraction of sp³-hybridized carbons (Fsp3) is 0.308. The molecule has 0 spiro atoms. The first-order valence-corrected chi connectivity index (χ1v) is 6.68. The van der Waals surface area contributed by atoms with E-state index in [4.69, 9.17) is 11.5 Å². The van der Waals surface area contributed by atoms with Gasteiger partial charge in [-0.3, -0.25) is 4.79 Å². The van der Waals surface area contributed by atoms with Gasteiger partial charge in [-0.2, -0.15) is 9.61 Å². The van der Waals surface area contributed by atoms with Gasteiger partial charge in [-0.1, -0.05) is 0 Å². The van der Waals surface area contributed by atoms with Crippen LogP contribution in [0, 0.1) is 0 Å². The molecule has 8 heteroatoms. The van der Waals surface area contributed by atoms with E-state index in [-0.39, 0.29) is 5.70 Å². The van der Waals surface area contributed by atoms with E-state index >= 15 is 0 Å². The Morgan fingerprint density at radius 2 is 2.24 bits per heavy atom. The Morgan fingerprint density at radius 1 is 1.48 bits per heavy atom. The number of nitrogens with zero attached hydrogens (tertiary/aromatic N) is 3. The lowest BCUT2D eigenvalue weighted by atomic mass is 10.2. The summed E-state index contributed by atoms with van der Waals surface area (Å²) in [6.07, 6.45) is 5.40. The molecule has 6 N–H and O–H groups in total. The van der Waals surface area contributed by atoms with E-state index in [1.807, 2.05) is 6.07 Å². The zero-order valence-electron chi connectivity index (χ0n) is 11.6. The molecule has 2 heterocycles. The van der Waals surface area contributed by atoms with Gasteiger partial charge in [0.1, 0.15) is 11.6 Å². The summed E-state index contributed by atoms with van der Waals surface area (Å²) < 4.78 is 1.69. The molecular weight excluding hydrogens is 270 g/mol. The van der Waals surface area contributed by atoms with Gasteiger partial charge in [0.05, 0.1) is 11.9 Å². The quantitative estimate of drug-likeness (QED) is 0.580. The maximum atomic E-state index is 11.1. The van der Waals surface area contributed by atoms with Crippen molar-refractivity contribution in [2.75, 3.05) is 17.7 Å². The number of aromatic nitrogens is 3. The number of anilines is 2. The topological polar surface area (TPSA) is 123 Å². The fourth-order valence-corrected chi connectivity index (χ4v) is 1.99. The summed E-state index contributed by atoms with van der Waals surface area (Å²) in [7, 11) is 1.80. The first kappa shape index (κ1) is 13.2. The number of rotatable bonds is 5. The average molecular weight is 287 g/mol. The van der Waals surface area contributed by atoms with Crippen LogP contribution in [0.15, 0.2) is 18.0 Å². The minimum Gasteiger partial charge on any atom is -0.394 e. The molecule has 21 heavy (non-hydrogen) atoms. The van der Waals surface area contributed by atoms with Crippen LogP contribution in [0.4, 0.5) is 11.6 Å². The van der Waals surface area contributed by atoms with Crippen LogP contribution in [0.3, 0.4) is 0 Å². The second-order valence-corrected chi connectivity index (χ2v) is 4.99. The molecule has 1 aliphatic rings. The summed E-state index contributed by atoms with van der Waals surface area (Å²) in [4.78, 5) is 15.5. The van der Waals surface area contributed by atoms with Crippen molar-refractivity contribution in [3.8, 4) is 0 Å². The number of hydrogen-bond donors (Lipinski definition) is 4. The molecule has 0 aliphatic heterocycles. The number of hydrogen-bond acceptors (Lipinski definition) is 6. The van der Waals surface area contributed by atoms with Crippen molar-refractivity contribution in [1.29, 1.82) is 0 Å². The van der Waals surface area contributed by atoms with E-state index in [9.17, 15) is 4.79 Å². The Morgan fingerprint density at radius 3 is 2.86 bits per heavy atom. The summed E-state index contributed by atoms with van der Waals surface area (Å²) in [6.45, 7) is 0. The third-order valence-corrected chi connectivity index (χ3v) is 3.28. The van der Waals surface area contributed by atoms with Gasteiger partial charge in [0.25, 0.3) is 5.91 Å². The lowest BCUT2D eigenvalue weighted by molar-refractivity contribution is -0.114. The molecule has 110 valence electrons. The number of carbonyl (C=O) groups excluding carboxylic acids is 1. The smallest absolute Gasteiger partial charge is 0.264 e. The largest absolute Gasteiger partial charge is 0.394 e. The van der Waals surface area contributed by atoms with Crippen molar-refractivity contribution in [3.05, 3.63) is 23.5 Å².